The number of carbonyl (C=O) groups is 2. The summed E-state index contributed by atoms with van der Waals surface area (Å²) in [7, 11) is 0. The minimum Gasteiger partial charge on any atom is -0.491 e. The van der Waals surface area contributed by atoms with Gasteiger partial charge in [0.1, 0.15) is 18.2 Å². The van der Waals surface area contributed by atoms with Gasteiger partial charge >= 0.3 is 0 Å². The van der Waals surface area contributed by atoms with Crippen molar-refractivity contribution in [3.05, 3.63) is 47.2 Å². The topological polar surface area (TPSA) is 95.0 Å². The fourth-order valence-electron chi connectivity index (χ4n) is 6.30. The van der Waals surface area contributed by atoms with Crippen molar-refractivity contribution in [1.82, 2.24) is 9.88 Å². The van der Waals surface area contributed by atoms with Crippen LogP contribution in [0.4, 0.5) is 20.3 Å². The van der Waals surface area contributed by atoms with Gasteiger partial charge in [-0.2, -0.15) is 0 Å². The Morgan fingerprint density at radius 1 is 1.22 bits per heavy atom. The van der Waals surface area contributed by atoms with Crippen molar-refractivity contribution in [2.24, 2.45) is 0 Å². The van der Waals surface area contributed by atoms with Crippen molar-refractivity contribution in [3.8, 4) is 5.75 Å². The van der Waals surface area contributed by atoms with Crippen LogP contribution in [0.25, 0.3) is 0 Å². The fraction of sp³-hybridized carbons (Fsp3) is 0.519. The molecular formula is C27H30F2N4O4. The smallest absolute Gasteiger partial charge is 0.263 e. The van der Waals surface area contributed by atoms with Crippen LogP contribution in [-0.4, -0.2) is 64.7 Å². The molecule has 1 aliphatic carbocycles. The fourth-order valence-corrected chi connectivity index (χ4v) is 6.30. The van der Waals surface area contributed by atoms with Crippen LogP contribution >= 0.6 is 0 Å². The highest BCUT2D eigenvalue weighted by Gasteiger charge is 2.49. The van der Waals surface area contributed by atoms with Crippen LogP contribution in [0.2, 0.25) is 0 Å². The third-order valence-electron chi connectivity index (χ3n) is 8.35. The van der Waals surface area contributed by atoms with Crippen molar-refractivity contribution in [1.29, 1.82) is 0 Å². The molecule has 0 bridgehead atoms. The third kappa shape index (κ3) is 4.16. The van der Waals surface area contributed by atoms with Gasteiger partial charge in [-0.15, -0.1) is 0 Å². The predicted octanol–water partition coefficient (Wildman–Crippen LogP) is 3.19. The highest BCUT2D eigenvalue weighted by Crippen LogP contribution is 2.46. The van der Waals surface area contributed by atoms with E-state index in [9.17, 15) is 23.5 Å². The Morgan fingerprint density at radius 2 is 1.97 bits per heavy atom. The zero-order chi connectivity index (χ0) is 25.9. The number of benzene rings is 1. The summed E-state index contributed by atoms with van der Waals surface area (Å²) in [4.78, 5) is 33.8. The van der Waals surface area contributed by atoms with Crippen molar-refractivity contribution < 1.29 is 28.2 Å². The number of amides is 2. The zero-order valence-electron chi connectivity index (χ0n) is 20.7. The van der Waals surface area contributed by atoms with Crippen molar-refractivity contribution >= 4 is 23.3 Å². The second-order valence-corrected chi connectivity index (χ2v) is 11.0. The standard InChI is InChI=1S/C27H30F2N4O4/c1-26(36)13-18(14-26)33-22(34)12-17-10-19(15-30-24(17)33)37-9-8-32-6-4-27(5-7-32)20-11-16(23(28)29)2-3-21(20)31-25(27)35/h2-3,10-11,15,18,23,36H,4-9,12-14H2,1H3,(H,31,35)/t18-,26+. The minimum absolute atomic E-state index is 0.000546. The number of aliphatic hydroxyl groups is 1. The molecule has 1 saturated heterocycles. The van der Waals surface area contributed by atoms with Gasteiger partial charge in [-0.1, -0.05) is 6.07 Å². The van der Waals surface area contributed by atoms with Crippen LogP contribution in [0.1, 0.15) is 55.7 Å². The highest BCUT2D eigenvalue weighted by atomic mass is 19.3. The molecule has 2 N–H and O–H groups in total. The number of hydrogen-bond acceptors (Lipinski definition) is 6. The summed E-state index contributed by atoms with van der Waals surface area (Å²) < 4.78 is 32.5. The number of aromatic nitrogens is 1. The number of nitrogens with one attached hydrogen (secondary N) is 1. The number of ether oxygens (including phenoxy) is 1. The lowest BCUT2D eigenvalue weighted by Gasteiger charge is -2.45. The molecule has 1 saturated carbocycles. The van der Waals surface area contributed by atoms with Crippen LogP contribution in [-0.2, 0) is 21.4 Å². The molecule has 6 rings (SSSR count). The molecule has 0 radical (unpaired) electrons. The van der Waals surface area contributed by atoms with E-state index in [0.29, 0.717) is 74.7 Å². The van der Waals surface area contributed by atoms with E-state index in [-0.39, 0.29) is 29.8 Å². The van der Waals surface area contributed by atoms with E-state index in [1.807, 2.05) is 6.07 Å². The summed E-state index contributed by atoms with van der Waals surface area (Å²) in [5, 5.41) is 12.9. The van der Waals surface area contributed by atoms with E-state index in [1.54, 1.807) is 24.1 Å². The number of alkyl halides is 2. The maximum Gasteiger partial charge on any atom is 0.263 e. The largest absolute Gasteiger partial charge is 0.491 e. The Balaban J connectivity index is 1.04. The average molecular weight is 513 g/mol. The Bertz CT molecular complexity index is 1250. The van der Waals surface area contributed by atoms with Gasteiger partial charge in [0.15, 0.2) is 0 Å². The molecule has 4 heterocycles. The molecule has 1 aromatic heterocycles. The predicted molar refractivity (Wildman–Crippen MR) is 132 cm³/mol. The van der Waals surface area contributed by atoms with E-state index in [2.05, 4.69) is 15.2 Å². The van der Waals surface area contributed by atoms with Gasteiger partial charge in [-0.05, 0) is 69.5 Å². The lowest BCUT2D eigenvalue weighted by atomic mass is 9.73. The first-order valence-electron chi connectivity index (χ1n) is 12.8. The van der Waals surface area contributed by atoms with E-state index in [4.69, 9.17) is 4.74 Å². The number of hydrogen-bond donors (Lipinski definition) is 2. The van der Waals surface area contributed by atoms with Crippen molar-refractivity contribution in [2.45, 2.75) is 62.5 Å². The van der Waals surface area contributed by atoms with Gasteiger partial charge in [-0.25, -0.2) is 13.8 Å². The van der Waals surface area contributed by atoms with Gasteiger partial charge in [0, 0.05) is 29.4 Å². The first kappa shape index (κ1) is 24.2. The summed E-state index contributed by atoms with van der Waals surface area (Å²) in [5.41, 5.74) is 0.624. The first-order valence-corrected chi connectivity index (χ1v) is 12.8. The molecule has 2 fully saturated rings. The third-order valence-corrected chi connectivity index (χ3v) is 8.35. The Kier molecular flexibility index (Phi) is 5.72. The summed E-state index contributed by atoms with van der Waals surface area (Å²) >= 11 is 0. The van der Waals surface area contributed by atoms with Crippen LogP contribution in [0.5, 0.6) is 5.75 Å². The number of rotatable bonds is 6. The van der Waals surface area contributed by atoms with E-state index >= 15 is 0 Å². The number of nitrogens with zero attached hydrogens (tertiary/aromatic N) is 3. The van der Waals surface area contributed by atoms with E-state index in [1.165, 1.54) is 12.1 Å². The maximum absolute atomic E-state index is 13.3. The molecule has 2 amide bonds. The lowest BCUT2D eigenvalue weighted by molar-refractivity contribution is -0.122. The molecular weight excluding hydrogens is 482 g/mol. The van der Waals surface area contributed by atoms with Gasteiger partial charge in [0.25, 0.3) is 6.43 Å². The maximum atomic E-state index is 13.3. The summed E-state index contributed by atoms with van der Waals surface area (Å²) in [5.74, 6) is 1.15. The Labute approximate surface area is 213 Å². The van der Waals surface area contributed by atoms with Crippen LogP contribution in [0, 0.1) is 0 Å². The molecule has 1 spiro atoms. The van der Waals surface area contributed by atoms with Gasteiger partial charge in [0.2, 0.25) is 11.8 Å². The average Bonchev–Trinajstić information content (AvgIpc) is 3.30. The van der Waals surface area contributed by atoms with Crippen LogP contribution in [0.3, 0.4) is 0 Å². The molecule has 37 heavy (non-hydrogen) atoms. The molecule has 0 unspecified atom stereocenters. The Hall–Kier alpha value is -3.11. The number of piperidine rings is 1. The molecule has 4 aliphatic rings. The van der Waals surface area contributed by atoms with Gasteiger partial charge in [0.05, 0.1) is 23.6 Å². The number of fused-ring (bicyclic) bond motifs is 3. The summed E-state index contributed by atoms with van der Waals surface area (Å²) in [6, 6.07) is 6.28. The molecule has 196 valence electrons. The number of carbonyl (C=O) groups excluding carboxylic acids is 2. The number of likely N-dealkylation sites (tertiary alicyclic amines) is 1. The molecule has 10 heteroatoms. The minimum atomic E-state index is -2.57. The van der Waals surface area contributed by atoms with Crippen LogP contribution in [0.15, 0.2) is 30.5 Å². The monoisotopic (exact) mass is 512 g/mol. The van der Waals surface area contributed by atoms with Crippen molar-refractivity contribution in [2.75, 3.05) is 36.5 Å². The summed E-state index contributed by atoms with van der Waals surface area (Å²) in [6.07, 6.45) is 1.57. The first-order chi connectivity index (χ1) is 17.6. The molecule has 0 atom stereocenters. The highest BCUT2D eigenvalue weighted by molar-refractivity contribution is 6.06. The Morgan fingerprint density at radius 3 is 2.68 bits per heavy atom. The lowest BCUT2D eigenvalue weighted by Crippen LogP contribution is -2.55. The number of pyridine rings is 1. The molecule has 8 nitrogen and oxygen atoms in total. The SMILES string of the molecule is C[C@]1(O)C[C@@H](N2C(=O)Cc3cc(OCCN4CCC5(CC4)C(=O)Nc4ccc(C(F)F)cc45)cnc32)C1. The van der Waals surface area contributed by atoms with E-state index < -0.39 is 17.4 Å². The number of halogens is 2. The second kappa shape index (κ2) is 8.73. The van der Waals surface area contributed by atoms with Crippen molar-refractivity contribution in [3.63, 3.8) is 0 Å². The zero-order valence-corrected chi connectivity index (χ0v) is 20.7. The normalized spacial score (nSPS) is 26.3. The van der Waals surface area contributed by atoms with E-state index in [0.717, 1.165) is 5.56 Å². The van der Waals surface area contributed by atoms with Gasteiger partial charge < -0.3 is 15.2 Å². The summed E-state index contributed by atoms with van der Waals surface area (Å²) in [6.45, 7) is 4.18. The second-order valence-electron chi connectivity index (χ2n) is 11.0. The number of anilines is 2. The quantitative estimate of drug-likeness (QED) is 0.618. The molecule has 2 aromatic rings. The molecule has 1 aromatic carbocycles. The van der Waals surface area contributed by atoms with Crippen LogP contribution < -0.4 is 15.0 Å². The van der Waals surface area contributed by atoms with Gasteiger partial charge in [-0.3, -0.25) is 19.4 Å². The molecule has 3 aliphatic heterocycles.